The summed E-state index contributed by atoms with van der Waals surface area (Å²) in [5.41, 5.74) is 6.59. The summed E-state index contributed by atoms with van der Waals surface area (Å²) in [6.45, 7) is 0.305. The average molecular weight is 287 g/mol. The lowest BCUT2D eigenvalue weighted by Gasteiger charge is -2.11. The Kier molecular flexibility index (Phi) is 5.13. The van der Waals surface area contributed by atoms with Crippen molar-refractivity contribution in [3.8, 4) is 0 Å². The first-order valence-corrected chi connectivity index (χ1v) is 7.03. The van der Waals surface area contributed by atoms with E-state index in [0.29, 0.717) is 17.9 Å². The van der Waals surface area contributed by atoms with Crippen LogP contribution in [0, 0.1) is 0 Å². The molecule has 7 nitrogen and oxygen atoms in total. The van der Waals surface area contributed by atoms with Crippen molar-refractivity contribution in [1.82, 2.24) is 4.72 Å². The summed E-state index contributed by atoms with van der Waals surface area (Å²) in [6.07, 6.45) is 0.166. The summed E-state index contributed by atoms with van der Waals surface area (Å²) in [5.74, 6) is -0.356. The van der Waals surface area contributed by atoms with E-state index in [1.165, 1.54) is 32.4 Å². The lowest BCUT2D eigenvalue weighted by molar-refractivity contribution is -0.140. The maximum absolute atomic E-state index is 11.6. The minimum absolute atomic E-state index is 0.102. The van der Waals surface area contributed by atoms with E-state index in [9.17, 15) is 13.2 Å². The molecular weight excluding hydrogens is 270 g/mol. The molecule has 0 aliphatic heterocycles. The third kappa shape index (κ3) is 4.11. The first-order chi connectivity index (χ1) is 8.90. The second-order valence-electron chi connectivity index (χ2n) is 3.71. The molecule has 0 saturated heterocycles. The highest BCUT2D eigenvalue weighted by Crippen LogP contribution is 2.22. The lowest BCUT2D eigenvalue weighted by atomic mass is 10.2. The minimum Gasteiger partial charge on any atom is -0.469 e. The van der Waals surface area contributed by atoms with Gasteiger partial charge in [-0.15, -0.1) is 0 Å². The summed E-state index contributed by atoms with van der Waals surface area (Å²) >= 11 is 0. The summed E-state index contributed by atoms with van der Waals surface area (Å²) in [7, 11) is -0.889. The number of rotatable bonds is 6. The number of ether oxygens (including phenoxy) is 1. The van der Waals surface area contributed by atoms with Gasteiger partial charge in [-0.1, -0.05) is 0 Å². The zero-order chi connectivity index (χ0) is 14.5. The van der Waals surface area contributed by atoms with E-state index in [2.05, 4.69) is 14.8 Å². The Morgan fingerprint density at radius 1 is 1.42 bits per heavy atom. The van der Waals surface area contributed by atoms with Crippen molar-refractivity contribution in [2.24, 2.45) is 0 Å². The van der Waals surface area contributed by atoms with Crippen molar-refractivity contribution in [2.45, 2.75) is 11.3 Å². The monoisotopic (exact) mass is 287 g/mol. The first kappa shape index (κ1) is 15.3. The van der Waals surface area contributed by atoms with Gasteiger partial charge in [0, 0.05) is 6.54 Å². The van der Waals surface area contributed by atoms with Gasteiger partial charge in [0.15, 0.2) is 0 Å². The summed E-state index contributed by atoms with van der Waals surface area (Å²) in [4.78, 5) is 11.1. The molecule has 4 N–H and O–H groups in total. The van der Waals surface area contributed by atoms with Crippen LogP contribution in [0.2, 0.25) is 0 Å². The molecular formula is C11H17N3O4S. The van der Waals surface area contributed by atoms with Crippen molar-refractivity contribution in [1.29, 1.82) is 0 Å². The molecule has 0 heterocycles. The number of esters is 1. The van der Waals surface area contributed by atoms with Crippen LogP contribution >= 0.6 is 0 Å². The van der Waals surface area contributed by atoms with Gasteiger partial charge >= 0.3 is 5.97 Å². The Morgan fingerprint density at radius 3 is 2.68 bits per heavy atom. The van der Waals surface area contributed by atoms with E-state index < -0.39 is 10.0 Å². The maximum atomic E-state index is 11.6. The molecule has 0 aliphatic rings. The topological polar surface area (TPSA) is 111 Å². The molecule has 0 fully saturated rings. The number of carbonyl (C=O) groups is 1. The van der Waals surface area contributed by atoms with E-state index in [1.54, 1.807) is 0 Å². The number of nitrogens with one attached hydrogen (secondary N) is 2. The Morgan fingerprint density at radius 2 is 2.11 bits per heavy atom. The van der Waals surface area contributed by atoms with Gasteiger partial charge in [-0.25, -0.2) is 13.1 Å². The Balaban J connectivity index is 2.84. The molecule has 0 radical (unpaired) electrons. The fraction of sp³-hybridized carbons (Fsp3) is 0.364. The van der Waals surface area contributed by atoms with E-state index in [1.807, 2.05) is 0 Å². The van der Waals surface area contributed by atoms with Crippen molar-refractivity contribution in [3.63, 3.8) is 0 Å². The van der Waals surface area contributed by atoms with Crippen LogP contribution in [-0.2, 0) is 19.6 Å². The van der Waals surface area contributed by atoms with Crippen molar-refractivity contribution >= 4 is 27.4 Å². The molecule has 8 heteroatoms. The predicted octanol–water partition coefficient (Wildman–Crippen LogP) is 0.152. The zero-order valence-electron chi connectivity index (χ0n) is 10.8. The Bertz CT molecular complexity index is 557. The van der Waals surface area contributed by atoms with Gasteiger partial charge in [-0.2, -0.15) is 0 Å². The van der Waals surface area contributed by atoms with Crippen molar-refractivity contribution < 1.29 is 17.9 Å². The molecule has 106 valence electrons. The van der Waals surface area contributed by atoms with Gasteiger partial charge in [0.1, 0.15) is 0 Å². The quantitative estimate of drug-likeness (QED) is 0.507. The molecule has 1 aromatic carbocycles. The number of anilines is 2. The number of methoxy groups -OCH3 is 1. The highest BCUT2D eigenvalue weighted by molar-refractivity contribution is 7.89. The second kappa shape index (κ2) is 6.39. The summed E-state index contributed by atoms with van der Waals surface area (Å²) in [6, 6.07) is 4.32. The molecule has 0 amide bonds. The predicted molar refractivity (Wildman–Crippen MR) is 72.2 cm³/mol. The van der Waals surface area contributed by atoms with Crippen LogP contribution in [0.3, 0.4) is 0 Å². The van der Waals surface area contributed by atoms with E-state index in [0.717, 1.165) is 0 Å². The van der Waals surface area contributed by atoms with Crippen LogP contribution in [-0.4, -0.2) is 35.1 Å². The molecule has 0 aliphatic carbocycles. The SMILES string of the molecule is CNS(=O)(=O)c1ccc(N)c(NCCC(=O)OC)c1. The highest BCUT2D eigenvalue weighted by Gasteiger charge is 2.13. The number of carbonyl (C=O) groups excluding carboxylic acids is 1. The number of hydrogen-bond donors (Lipinski definition) is 3. The van der Waals surface area contributed by atoms with Crippen LogP contribution in [0.1, 0.15) is 6.42 Å². The lowest BCUT2D eigenvalue weighted by Crippen LogP contribution is -2.19. The van der Waals surface area contributed by atoms with Crippen molar-refractivity contribution in [2.75, 3.05) is 31.8 Å². The number of sulfonamides is 1. The molecule has 0 aromatic heterocycles. The van der Waals surface area contributed by atoms with Gasteiger partial charge < -0.3 is 15.8 Å². The largest absolute Gasteiger partial charge is 0.469 e. The number of nitrogens with two attached hydrogens (primary N) is 1. The summed E-state index contributed by atoms with van der Waals surface area (Å²) in [5, 5.41) is 2.90. The molecule has 0 spiro atoms. The van der Waals surface area contributed by atoms with Crippen LogP contribution < -0.4 is 15.8 Å². The van der Waals surface area contributed by atoms with E-state index >= 15 is 0 Å². The number of hydrogen-bond acceptors (Lipinski definition) is 6. The van der Waals surface area contributed by atoms with Crippen LogP contribution in [0.5, 0.6) is 0 Å². The zero-order valence-corrected chi connectivity index (χ0v) is 11.6. The fourth-order valence-corrected chi connectivity index (χ4v) is 2.13. The third-order valence-corrected chi connectivity index (χ3v) is 3.89. The molecule has 0 saturated carbocycles. The Labute approximate surface area is 112 Å². The van der Waals surface area contributed by atoms with Crippen LogP contribution in [0.25, 0.3) is 0 Å². The molecule has 0 unspecified atom stereocenters. The standard InChI is InChI=1S/C11H17N3O4S/c1-13-19(16,17)8-3-4-9(12)10(7-8)14-6-5-11(15)18-2/h3-4,7,13-14H,5-6,12H2,1-2H3. The molecule has 1 rings (SSSR count). The third-order valence-electron chi connectivity index (χ3n) is 2.48. The molecule has 19 heavy (non-hydrogen) atoms. The van der Waals surface area contributed by atoms with E-state index in [4.69, 9.17) is 5.73 Å². The second-order valence-corrected chi connectivity index (χ2v) is 5.60. The summed E-state index contributed by atoms with van der Waals surface area (Å²) < 4.78 is 30.0. The number of nitrogen functional groups attached to an aromatic ring is 1. The highest BCUT2D eigenvalue weighted by atomic mass is 32.2. The minimum atomic E-state index is -3.52. The first-order valence-electron chi connectivity index (χ1n) is 5.54. The normalized spacial score (nSPS) is 11.1. The van der Waals surface area contributed by atoms with Gasteiger partial charge in [0.2, 0.25) is 10.0 Å². The van der Waals surface area contributed by atoms with Gasteiger partial charge in [-0.05, 0) is 25.2 Å². The molecule has 1 aromatic rings. The molecule has 0 atom stereocenters. The van der Waals surface area contributed by atoms with Crippen LogP contribution in [0.15, 0.2) is 23.1 Å². The average Bonchev–Trinajstić information content (AvgIpc) is 2.40. The Hall–Kier alpha value is -1.80. The fourth-order valence-electron chi connectivity index (χ4n) is 1.37. The smallest absolute Gasteiger partial charge is 0.307 e. The van der Waals surface area contributed by atoms with Gasteiger partial charge in [-0.3, -0.25) is 4.79 Å². The molecule has 0 bridgehead atoms. The number of benzene rings is 1. The van der Waals surface area contributed by atoms with Crippen molar-refractivity contribution in [3.05, 3.63) is 18.2 Å². The maximum Gasteiger partial charge on any atom is 0.307 e. The van der Waals surface area contributed by atoms with Gasteiger partial charge in [0.25, 0.3) is 0 Å². The van der Waals surface area contributed by atoms with Crippen LogP contribution in [0.4, 0.5) is 11.4 Å². The van der Waals surface area contributed by atoms with E-state index in [-0.39, 0.29) is 17.3 Å². The van der Waals surface area contributed by atoms with Gasteiger partial charge in [0.05, 0.1) is 29.8 Å².